The molecular formula is C21H25N3O2S. The highest BCUT2D eigenvalue weighted by Crippen LogP contribution is 2.31. The van der Waals surface area contributed by atoms with Crippen LogP contribution in [0.15, 0.2) is 40.8 Å². The van der Waals surface area contributed by atoms with Gasteiger partial charge in [-0.05, 0) is 62.6 Å². The third kappa shape index (κ3) is 4.39. The number of hydrogen-bond acceptors (Lipinski definition) is 6. The number of nitrogens with zero attached hydrogens (tertiary/aromatic N) is 3. The van der Waals surface area contributed by atoms with Gasteiger partial charge in [0.1, 0.15) is 5.75 Å². The van der Waals surface area contributed by atoms with E-state index in [4.69, 9.17) is 9.15 Å². The van der Waals surface area contributed by atoms with Crippen LogP contribution in [0.1, 0.15) is 35.1 Å². The molecule has 1 saturated heterocycles. The molecule has 1 aliphatic heterocycles. The van der Waals surface area contributed by atoms with Crippen molar-refractivity contribution in [3.8, 4) is 16.5 Å². The van der Waals surface area contributed by atoms with E-state index in [0.717, 1.165) is 49.0 Å². The summed E-state index contributed by atoms with van der Waals surface area (Å²) in [6, 6.07) is 12.5. The summed E-state index contributed by atoms with van der Waals surface area (Å²) in [5, 5.41) is 8.62. The Labute approximate surface area is 164 Å². The van der Waals surface area contributed by atoms with Gasteiger partial charge in [0, 0.05) is 18.0 Å². The van der Waals surface area contributed by atoms with Gasteiger partial charge in [-0.3, -0.25) is 0 Å². The lowest BCUT2D eigenvalue weighted by Gasteiger charge is -2.31. The monoisotopic (exact) mass is 383 g/mol. The zero-order valence-corrected chi connectivity index (χ0v) is 16.7. The molecule has 6 heteroatoms. The summed E-state index contributed by atoms with van der Waals surface area (Å²) in [5.41, 5.74) is 1.34. The van der Waals surface area contributed by atoms with Gasteiger partial charge >= 0.3 is 0 Å². The summed E-state index contributed by atoms with van der Waals surface area (Å²) in [6.07, 6.45) is 3.33. The molecule has 0 radical (unpaired) electrons. The first-order chi connectivity index (χ1) is 13.2. The van der Waals surface area contributed by atoms with E-state index in [9.17, 15) is 0 Å². The molecule has 1 fully saturated rings. The molecule has 0 saturated carbocycles. The zero-order chi connectivity index (χ0) is 18.6. The van der Waals surface area contributed by atoms with Crippen molar-refractivity contribution in [2.45, 2.75) is 32.1 Å². The van der Waals surface area contributed by atoms with Gasteiger partial charge in [-0.2, -0.15) is 0 Å². The van der Waals surface area contributed by atoms with Gasteiger partial charge in [0.15, 0.2) is 0 Å². The fraction of sp³-hybridized carbons (Fsp3) is 0.429. The maximum Gasteiger partial charge on any atom is 0.257 e. The lowest BCUT2D eigenvalue weighted by atomic mass is 9.97. The van der Waals surface area contributed by atoms with E-state index in [2.05, 4.69) is 46.3 Å². The molecule has 0 spiro atoms. The van der Waals surface area contributed by atoms with E-state index in [-0.39, 0.29) is 0 Å². The molecule has 0 amide bonds. The first-order valence-corrected chi connectivity index (χ1v) is 10.3. The molecule has 1 aromatic carbocycles. The molecule has 1 atom stereocenters. The first kappa shape index (κ1) is 18.2. The standard InChI is InChI=1S/C21H25N3O2S/c1-15-5-10-19(27-15)21-23-22-20(26-21)17-4-3-12-24(14-17)13-11-16-6-8-18(25-2)9-7-16/h5-10,17H,3-4,11-14H2,1-2H3. The minimum absolute atomic E-state index is 0.330. The smallest absolute Gasteiger partial charge is 0.257 e. The fourth-order valence-electron chi connectivity index (χ4n) is 3.59. The maximum atomic E-state index is 6.01. The Morgan fingerprint density at radius 2 is 2.04 bits per heavy atom. The SMILES string of the molecule is COc1ccc(CCN2CCCC(c3nnc(-c4ccc(C)s4)o3)C2)cc1. The molecule has 1 unspecified atom stereocenters. The minimum atomic E-state index is 0.330. The zero-order valence-electron chi connectivity index (χ0n) is 15.9. The van der Waals surface area contributed by atoms with Crippen LogP contribution in [0.4, 0.5) is 0 Å². The Morgan fingerprint density at radius 1 is 1.19 bits per heavy atom. The van der Waals surface area contributed by atoms with Gasteiger partial charge < -0.3 is 14.1 Å². The van der Waals surface area contributed by atoms with Gasteiger partial charge in [-0.15, -0.1) is 21.5 Å². The van der Waals surface area contributed by atoms with Crippen molar-refractivity contribution in [2.75, 3.05) is 26.7 Å². The highest BCUT2D eigenvalue weighted by Gasteiger charge is 2.26. The number of piperidine rings is 1. The first-order valence-electron chi connectivity index (χ1n) is 9.47. The Kier molecular flexibility index (Phi) is 5.55. The normalized spacial score (nSPS) is 17.9. The van der Waals surface area contributed by atoms with Gasteiger partial charge in [-0.25, -0.2) is 0 Å². The van der Waals surface area contributed by atoms with Gasteiger partial charge in [-0.1, -0.05) is 12.1 Å². The summed E-state index contributed by atoms with van der Waals surface area (Å²) in [6.45, 7) is 5.26. The van der Waals surface area contributed by atoms with Crippen molar-refractivity contribution in [3.05, 3.63) is 52.7 Å². The van der Waals surface area contributed by atoms with Gasteiger partial charge in [0.2, 0.25) is 5.89 Å². The molecule has 2 aromatic heterocycles. The van der Waals surface area contributed by atoms with Crippen molar-refractivity contribution >= 4 is 11.3 Å². The second kappa shape index (κ2) is 8.23. The highest BCUT2D eigenvalue weighted by molar-refractivity contribution is 7.15. The van der Waals surface area contributed by atoms with Gasteiger partial charge in [0.05, 0.1) is 17.9 Å². The maximum absolute atomic E-state index is 6.01. The van der Waals surface area contributed by atoms with Crippen LogP contribution in [-0.2, 0) is 6.42 Å². The Bertz CT molecular complexity index is 872. The summed E-state index contributed by atoms with van der Waals surface area (Å²) in [7, 11) is 1.70. The summed E-state index contributed by atoms with van der Waals surface area (Å²) in [4.78, 5) is 4.82. The topological polar surface area (TPSA) is 51.4 Å². The van der Waals surface area contributed by atoms with E-state index in [1.54, 1.807) is 18.4 Å². The average Bonchev–Trinajstić information content (AvgIpc) is 3.36. The van der Waals surface area contributed by atoms with E-state index < -0.39 is 0 Å². The average molecular weight is 384 g/mol. The van der Waals surface area contributed by atoms with Crippen molar-refractivity contribution in [1.82, 2.24) is 15.1 Å². The summed E-state index contributed by atoms with van der Waals surface area (Å²) in [5.74, 6) is 2.67. The molecule has 0 N–H and O–H groups in total. The lowest BCUT2D eigenvalue weighted by Crippen LogP contribution is -2.35. The third-order valence-corrected chi connectivity index (χ3v) is 6.11. The quantitative estimate of drug-likeness (QED) is 0.626. The number of aromatic nitrogens is 2. The number of rotatable bonds is 6. The third-order valence-electron chi connectivity index (χ3n) is 5.12. The second-order valence-electron chi connectivity index (χ2n) is 7.09. The molecule has 3 heterocycles. The highest BCUT2D eigenvalue weighted by atomic mass is 32.1. The largest absolute Gasteiger partial charge is 0.497 e. The van der Waals surface area contributed by atoms with Crippen LogP contribution in [-0.4, -0.2) is 41.8 Å². The van der Waals surface area contributed by atoms with Crippen LogP contribution < -0.4 is 4.74 Å². The molecule has 142 valence electrons. The molecule has 4 rings (SSSR count). The fourth-order valence-corrected chi connectivity index (χ4v) is 4.38. The van der Waals surface area contributed by atoms with Crippen LogP contribution in [0, 0.1) is 6.92 Å². The van der Waals surface area contributed by atoms with E-state index in [1.165, 1.54) is 16.9 Å². The van der Waals surface area contributed by atoms with Crippen molar-refractivity contribution in [3.63, 3.8) is 0 Å². The van der Waals surface area contributed by atoms with E-state index >= 15 is 0 Å². The van der Waals surface area contributed by atoms with Crippen LogP contribution in [0.3, 0.4) is 0 Å². The molecule has 0 aliphatic carbocycles. The Morgan fingerprint density at radius 3 is 2.78 bits per heavy atom. The van der Waals surface area contributed by atoms with Crippen LogP contribution in [0.2, 0.25) is 0 Å². The summed E-state index contributed by atoms with van der Waals surface area (Å²) >= 11 is 1.69. The van der Waals surface area contributed by atoms with Crippen LogP contribution >= 0.6 is 11.3 Å². The van der Waals surface area contributed by atoms with Crippen LogP contribution in [0.25, 0.3) is 10.8 Å². The van der Waals surface area contributed by atoms with Crippen molar-refractivity contribution < 1.29 is 9.15 Å². The molecule has 1 aliphatic rings. The second-order valence-corrected chi connectivity index (χ2v) is 8.38. The minimum Gasteiger partial charge on any atom is -0.497 e. The Balaban J connectivity index is 1.35. The van der Waals surface area contributed by atoms with Crippen molar-refractivity contribution in [1.29, 1.82) is 0 Å². The predicted molar refractivity (Wildman–Crippen MR) is 107 cm³/mol. The molecule has 3 aromatic rings. The van der Waals surface area contributed by atoms with E-state index in [0.29, 0.717) is 11.8 Å². The molecule has 0 bridgehead atoms. The molecule has 5 nitrogen and oxygen atoms in total. The number of hydrogen-bond donors (Lipinski definition) is 0. The molecule has 27 heavy (non-hydrogen) atoms. The van der Waals surface area contributed by atoms with Gasteiger partial charge in [0.25, 0.3) is 5.89 Å². The predicted octanol–water partition coefficient (Wildman–Crippen LogP) is 4.54. The lowest BCUT2D eigenvalue weighted by molar-refractivity contribution is 0.195. The Hall–Kier alpha value is -2.18. The number of benzene rings is 1. The summed E-state index contributed by atoms with van der Waals surface area (Å²) < 4.78 is 11.2. The number of methoxy groups -OCH3 is 1. The number of thiophene rings is 1. The number of aryl methyl sites for hydroxylation is 1. The molecular weight excluding hydrogens is 358 g/mol. The number of likely N-dealkylation sites (tertiary alicyclic amines) is 1. The number of ether oxygens (including phenoxy) is 1. The van der Waals surface area contributed by atoms with E-state index in [1.807, 2.05) is 12.1 Å². The van der Waals surface area contributed by atoms with Crippen molar-refractivity contribution in [2.24, 2.45) is 0 Å². The van der Waals surface area contributed by atoms with Crippen LogP contribution in [0.5, 0.6) is 5.75 Å².